The molecule has 110 valence electrons. The first kappa shape index (κ1) is 13.8. The number of carbonyl (C=O) groups is 1. The highest BCUT2D eigenvalue weighted by atomic mass is 16.5. The second kappa shape index (κ2) is 6.07. The minimum absolute atomic E-state index is 0.579. The van der Waals surface area contributed by atoms with E-state index in [-0.39, 0.29) is 0 Å². The molecule has 6 heteroatoms. The Morgan fingerprint density at radius 2 is 1.95 bits per heavy atom. The molecule has 1 fully saturated rings. The lowest BCUT2D eigenvalue weighted by Gasteiger charge is -2.32. The zero-order valence-electron chi connectivity index (χ0n) is 11.6. The molecule has 1 aromatic heterocycles. The summed E-state index contributed by atoms with van der Waals surface area (Å²) in [4.78, 5) is 13.6. The van der Waals surface area contributed by atoms with Crippen LogP contribution in [0.4, 0.5) is 0 Å². The van der Waals surface area contributed by atoms with Crippen LogP contribution in [-0.4, -0.2) is 52.1 Å². The van der Waals surface area contributed by atoms with E-state index in [1.807, 2.05) is 41.4 Å². The Balaban J connectivity index is 1.84. The van der Waals surface area contributed by atoms with Gasteiger partial charge in [0.15, 0.2) is 0 Å². The van der Waals surface area contributed by atoms with Gasteiger partial charge < -0.3 is 9.84 Å². The summed E-state index contributed by atoms with van der Waals surface area (Å²) in [5.41, 5.74) is 1.69. The van der Waals surface area contributed by atoms with Crippen LogP contribution in [0.3, 0.4) is 0 Å². The van der Waals surface area contributed by atoms with Crippen LogP contribution in [0.2, 0.25) is 0 Å². The van der Waals surface area contributed by atoms with Crippen molar-refractivity contribution in [2.24, 2.45) is 0 Å². The molecule has 0 bridgehead atoms. The van der Waals surface area contributed by atoms with Crippen molar-refractivity contribution in [3.63, 3.8) is 0 Å². The van der Waals surface area contributed by atoms with Crippen LogP contribution in [0.5, 0.6) is 0 Å². The van der Waals surface area contributed by atoms with E-state index in [4.69, 9.17) is 4.74 Å². The van der Waals surface area contributed by atoms with E-state index in [9.17, 15) is 9.90 Å². The first-order valence-corrected chi connectivity index (χ1v) is 6.90. The summed E-state index contributed by atoms with van der Waals surface area (Å²) in [6.07, 6.45) is 3.56. The maximum Gasteiger partial charge on any atom is 0.325 e. The molecule has 2 aromatic rings. The average molecular weight is 287 g/mol. The molecule has 1 aliphatic rings. The topological polar surface area (TPSA) is 67.6 Å². The molecule has 0 amide bonds. The molecule has 21 heavy (non-hydrogen) atoms. The van der Waals surface area contributed by atoms with Crippen LogP contribution in [0.15, 0.2) is 42.7 Å². The summed E-state index contributed by atoms with van der Waals surface area (Å²) in [6.45, 7) is 2.43. The second-order valence-electron chi connectivity index (χ2n) is 4.93. The molecule has 0 unspecified atom stereocenters. The fourth-order valence-electron chi connectivity index (χ4n) is 2.58. The molecule has 0 radical (unpaired) electrons. The summed E-state index contributed by atoms with van der Waals surface area (Å²) in [5, 5.41) is 13.7. The maximum absolute atomic E-state index is 11.6. The minimum Gasteiger partial charge on any atom is -0.480 e. The van der Waals surface area contributed by atoms with Crippen molar-refractivity contribution < 1.29 is 14.6 Å². The van der Waals surface area contributed by atoms with Crippen molar-refractivity contribution >= 4 is 5.97 Å². The summed E-state index contributed by atoms with van der Waals surface area (Å²) >= 11 is 0. The van der Waals surface area contributed by atoms with Crippen LogP contribution in [0, 0.1) is 0 Å². The van der Waals surface area contributed by atoms with Crippen molar-refractivity contribution in [1.82, 2.24) is 14.7 Å². The molecular weight excluding hydrogens is 270 g/mol. The number of carboxylic acid groups (broad SMARTS) is 1. The van der Waals surface area contributed by atoms with Gasteiger partial charge in [-0.15, -0.1) is 0 Å². The van der Waals surface area contributed by atoms with Crippen LogP contribution in [0.25, 0.3) is 5.69 Å². The number of aliphatic carboxylic acids is 1. The van der Waals surface area contributed by atoms with Gasteiger partial charge in [0.2, 0.25) is 0 Å². The van der Waals surface area contributed by atoms with Crippen LogP contribution in [-0.2, 0) is 9.53 Å². The number of morpholine rings is 1. The Labute approximate surface area is 122 Å². The number of hydrogen-bond acceptors (Lipinski definition) is 4. The lowest BCUT2D eigenvalue weighted by molar-refractivity contribution is -0.145. The number of carboxylic acids is 1. The third-order valence-electron chi connectivity index (χ3n) is 3.62. The Bertz CT molecular complexity index is 589. The van der Waals surface area contributed by atoms with E-state index >= 15 is 0 Å². The van der Waals surface area contributed by atoms with Gasteiger partial charge in [-0.1, -0.05) is 12.1 Å². The van der Waals surface area contributed by atoms with Gasteiger partial charge in [-0.25, -0.2) is 4.68 Å². The smallest absolute Gasteiger partial charge is 0.325 e. The maximum atomic E-state index is 11.6. The molecular formula is C15H17N3O3. The van der Waals surface area contributed by atoms with E-state index in [0.29, 0.717) is 26.3 Å². The van der Waals surface area contributed by atoms with Gasteiger partial charge in [-0.05, 0) is 23.8 Å². The van der Waals surface area contributed by atoms with Gasteiger partial charge in [-0.2, -0.15) is 5.10 Å². The van der Waals surface area contributed by atoms with E-state index in [2.05, 4.69) is 5.10 Å². The zero-order valence-corrected chi connectivity index (χ0v) is 11.6. The highest BCUT2D eigenvalue weighted by Crippen LogP contribution is 2.23. The fraction of sp³-hybridized carbons (Fsp3) is 0.333. The molecule has 6 nitrogen and oxygen atoms in total. The molecule has 1 atom stereocenters. The normalized spacial score (nSPS) is 17.5. The summed E-state index contributed by atoms with van der Waals surface area (Å²) in [5.74, 6) is -0.830. The van der Waals surface area contributed by atoms with E-state index in [1.54, 1.807) is 10.9 Å². The number of benzene rings is 1. The SMILES string of the molecule is O=C(O)[C@H](c1ccc(-n2cccn2)cc1)N1CCOCC1. The van der Waals surface area contributed by atoms with E-state index in [1.165, 1.54) is 0 Å². The number of ether oxygens (including phenoxy) is 1. The average Bonchev–Trinajstić information content (AvgIpc) is 3.03. The molecule has 1 N–H and O–H groups in total. The molecule has 3 rings (SSSR count). The van der Waals surface area contributed by atoms with Crippen LogP contribution in [0.1, 0.15) is 11.6 Å². The number of hydrogen-bond donors (Lipinski definition) is 1. The highest BCUT2D eigenvalue weighted by Gasteiger charge is 2.28. The van der Waals surface area contributed by atoms with Gasteiger partial charge in [0.05, 0.1) is 18.9 Å². The summed E-state index contributed by atoms with van der Waals surface area (Å²) in [6, 6.07) is 8.70. The third kappa shape index (κ3) is 2.96. The van der Waals surface area contributed by atoms with Gasteiger partial charge in [0, 0.05) is 25.5 Å². The Hall–Kier alpha value is -2.18. The van der Waals surface area contributed by atoms with Gasteiger partial charge in [-0.3, -0.25) is 9.69 Å². The molecule has 2 heterocycles. The summed E-state index contributed by atoms with van der Waals surface area (Å²) < 4.78 is 7.03. The zero-order chi connectivity index (χ0) is 14.7. The number of rotatable bonds is 4. The molecule has 0 spiro atoms. The van der Waals surface area contributed by atoms with Crippen LogP contribution >= 0.6 is 0 Å². The van der Waals surface area contributed by atoms with Crippen molar-refractivity contribution in [2.45, 2.75) is 6.04 Å². The van der Waals surface area contributed by atoms with Gasteiger partial charge in [0.1, 0.15) is 6.04 Å². The van der Waals surface area contributed by atoms with Crippen molar-refractivity contribution in [3.05, 3.63) is 48.3 Å². The largest absolute Gasteiger partial charge is 0.480 e. The van der Waals surface area contributed by atoms with Crippen molar-refractivity contribution in [1.29, 1.82) is 0 Å². The predicted molar refractivity (Wildman–Crippen MR) is 76.3 cm³/mol. The van der Waals surface area contributed by atoms with E-state index in [0.717, 1.165) is 11.3 Å². The number of nitrogens with zero attached hydrogens (tertiary/aromatic N) is 3. The van der Waals surface area contributed by atoms with Crippen LogP contribution < -0.4 is 0 Å². The quantitative estimate of drug-likeness (QED) is 0.919. The fourth-order valence-corrected chi connectivity index (χ4v) is 2.58. The van der Waals surface area contributed by atoms with Gasteiger partial charge >= 0.3 is 5.97 Å². The van der Waals surface area contributed by atoms with Crippen molar-refractivity contribution in [3.8, 4) is 5.69 Å². The summed E-state index contributed by atoms with van der Waals surface area (Å²) in [7, 11) is 0. The third-order valence-corrected chi connectivity index (χ3v) is 3.62. The second-order valence-corrected chi connectivity index (χ2v) is 4.93. The highest BCUT2D eigenvalue weighted by molar-refractivity contribution is 5.75. The van der Waals surface area contributed by atoms with E-state index < -0.39 is 12.0 Å². The van der Waals surface area contributed by atoms with Crippen molar-refractivity contribution in [2.75, 3.05) is 26.3 Å². The molecule has 1 aromatic carbocycles. The molecule has 1 saturated heterocycles. The minimum atomic E-state index is -0.830. The Morgan fingerprint density at radius 1 is 1.24 bits per heavy atom. The molecule has 0 aliphatic carbocycles. The Kier molecular flexibility index (Phi) is 3.98. The first-order valence-electron chi connectivity index (χ1n) is 6.90. The molecule has 1 aliphatic heterocycles. The monoisotopic (exact) mass is 287 g/mol. The number of aromatic nitrogens is 2. The first-order chi connectivity index (χ1) is 10.3. The lowest BCUT2D eigenvalue weighted by atomic mass is 10.0. The Morgan fingerprint density at radius 3 is 2.52 bits per heavy atom. The lowest BCUT2D eigenvalue weighted by Crippen LogP contribution is -2.42. The molecule has 0 saturated carbocycles. The standard InChI is InChI=1S/C15H17N3O3/c19-15(20)14(17-8-10-21-11-9-17)12-2-4-13(5-3-12)18-7-1-6-16-18/h1-7,14H,8-11H2,(H,19,20)/t14-/m0/s1. The van der Waals surface area contributed by atoms with Gasteiger partial charge in [0.25, 0.3) is 0 Å². The predicted octanol–water partition coefficient (Wildman–Crippen LogP) is 1.33.